The Hall–Kier alpha value is -1.50. The zero-order chi connectivity index (χ0) is 12.3. The Labute approximate surface area is 88.5 Å². The molecule has 0 fully saturated rings. The minimum atomic E-state index is -4.31. The van der Waals surface area contributed by atoms with Gasteiger partial charge in [-0.25, -0.2) is 4.79 Å². The van der Waals surface area contributed by atoms with Crippen LogP contribution in [0.5, 0.6) is 5.75 Å². The van der Waals surface area contributed by atoms with Crippen molar-refractivity contribution in [2.45, 2.75) is 25.1 Å². The molecule has 90 valence electrons. The average molecular weight is 237 g/mol. The number of hydrogen-bond donors (Lipinski definition) is 2. The average Bonchev–Trinajstić information content (AvgIpc) is 2.11. The summed E-state index contributed by atoms with van der Waals surface area (Å²) in [6.07, 6.45) is -5.79. The topological polar surface area (TPSA) is 76.5 Å². The number of alkyl halides is 3. The molecular formula is C9H10F3NO3. The molecule has 0 amide bonds. The van der Waals surface area contributed by atoms with E-state index in [2.05, 4.69) is 4.42 Å². The summed E-state index contributed by atoms with van der Waals surface area (Å²) in [5.41, 5.74) is 4.55. The number of rotatable bonds is 3. The number of aromatic hydroxyl groups is 1. The highest BCUT2D eigenvalue weighted by Crippen LogP contribution is 2.26. The van der Waals surface area contributed by atoms with Crippen LogP contribution in [0.25, 0.3) is 0 Å². The lowest BCUT2D eigenvalue weighted by Crippen LogP contribution is -2.17. The molecule has 3 N–H and O–H groups in total. The summed E-state index contributed by atoms with van der Waals surface area (Å²) < 4.78 is 40.3. The standard InChI is InChI=1S/C9H10F3NO3/c10-9(11,12)2-1-6(13)7-3-5(14)4-8(15)16-7/h3-4,6,14H,1-2,13H2. The second kappa shape index (κ2) is 4.56. The summed E-state index contributed by atoms with van der Waals surface area (Å²) in [6.45, 7) is 0. The highest BCUT2D eigenvalue weighted by molar-refractivity contribution is 5.20. The maximum Gasteiger partial charge on any atom is 0.389 e. The van der Waals surface area contributed by atoms with Crippen molar-refractivity contribution in [2.24, 2.45) is 5.73 Å². The summed E-state index contributed by atoms with van der Waals surface area (Å²) in [6, 6.07) is 0.768. The van der Waals surface area contributed by atoms with E-state index in [1.54, 1.807) is 0 Å². The summed E-state index contributed by atoms with van der Waals surface area (Å²) in [7, 11) is 0. The van der Waals surface area contributed by atoms with E-state index in [1.807, 2.05) is 0 Å². The molecule has 0 radical (unpaired) electrons. The fourth-order valence-electron chi connectivity index (χ4n) is 1.13. The third-order valence-corrected chi connectivity index (χ3v) is 1.88. The number of halogens is 3. The van der Waals surface area contributed by atoms with Gasteiger partial charge in [0.2, 0.25) is 0 Å². The van der Waals surface area contributed by atoms with E-state index in [9.17, 15) is 18.0 Å². The van der Waals surface area contributed by atoms with Crippen LogP contribution < -0.4 is 11.4 Å². The molecule has 1 aromatic heterocycles. The highest BCUT2D eigenvalue weighted by Gasteiger charge is 2.28. The molecule has 0 aliphatic carbocycles. The molecule has 0 saturated carbocycles. The third-order valence-electron chi connectivity index (χ3n) is 1.88. The van der Waals surface area contributed by atoms with Gasteiger partial charge in [-0.1, -0.05) is 0 Å². The summed E-state index contributed by atoms with van der Waals surface area (Å²) in [5, 5.41) is 9.03. The maximum absolute atomic E-state index is 11.9. The van der Waals surface area contributed by atoms with Crippen LogP contribution in [0.1, 0.15) is 24.6 Å². The zero-order valence-electron chi connectivity index (χ0n) is 8.12. The van der Waals surface area contributed by atoms with Gasteiger partial charge in [0.1, 0.15) is 11.5 Å². The molecule has 7 heteroatoms. The van der Waals surface area contributed by atoms with E-state index in [1.165, 1.54) is 0 Å². The predicted molar refractivity (Wildman–Crippen MR) is 48.9 cm³/mol. The van der Waals surface area contributed by atoms with E-state index < -0.39 is 30.7 Å². The van der Waals surface area contributed by atoms with Crippen LogP contribution in [0.3, 0.4) is 0 Å². The van der Waals surface area contributed by atoms with Crippen LogP contribution in [-0.4, -0.2) is 11.3 Å². The van der Waals surface area contributed by atoms with E-state index in [4.69, 9.17) is 10.8 Å². The van der Waals surface area contributed by atoms with Crippen molar-refractivity contribution in [3.05, 3.63) is 28.3 Å². The van der Waals surface area contributed by atoms with Crippen molar-refractivity contribution >= 4 is 0 Å². The van der Waals surface area contributed by atoms with E-state index in [0.29, 0.717) is 0 Å². The molecular weight excluding hydrogens is 227 g/mol. The molecule has 1 atom stereocenters. The molecule has 4 nitrogen and oxygen atoms in total. The first kappa shape index (κ1) is 12.6. The van der Waals surface area contributed by atoms with Crippen molar-refractivity contribution in [1.82, 2.24) is 0 Å². The zero-order valence-corrected chi connectivity index (χ0v) is 8.12. The van der Waals surface area contributed by atoms with E-state index in [-0.39, 0.29) is 11.5 Å². The number of hydrogen-bond acceptors (Lipinski definition) is 4. The van der Waals surface area contributed by atoms with Gasteiger partial charge < -0.3 is 15.3 Å². The lowest BCUT2D eigenvalue weighted by molar-refractivity contribution is -0.136. The normalized spacial score (nSPS) is 13.8. The minimum Gasteiger partial charge on any atom is -0.508 e. The molecule has 1 rings (SSSR count). The Balaban J connectivity index is 2.73. The molecule has 16 heavy (non-hydrogen) atoms. The van der Waals surface area contributed by atoms with Crippen molar-refractivity contribution in [3.63, 3.8) is 0 Å². The molecule has 1 heterocycles. The Morgan fingerprint density at radius 3 is 2.56 bits per heavy atom. The van der Waals surface area contributed by atoms with Gasteiger partial charge in [-0.15, -0.1) is 0 Å². The monoisotopic (exact) mass is 237 g/mol. The van der Waals surface area contributed by atoms with Gasteiger partial charge in [-0.05, 0) is 6.42 Å². The van der Waals surface area contributed by atoms with Crippen molar-refractivity contribution in [2.75, 3.05) is 0 Å². The third kappa shape index (κ3) is 3.93. The summed E-state index contributed by atoms with van der Waals surface area (Å²) in [5.74, 6) is -0.539. The largest absolute Gasteiger partial charge is 0.508 e. The smallest absolute Gasteiger partial charge is 0.389 e. The van der Waals surface area contributed by atoms with Gasteiger partial charge in [-0.2, -0.15) is 13.2 Å². The van der Waals surface area contributed by atoms with Gasteiger partial charge in [0, 0.05) is 12.5 Å². The highest BCUT2D eigenvalue weighted by atomic mass is 19.4. The van der Waals surface area contributed by atoms with Gasteiger partial charge in [0.15, 0.2) is 0 Å². The van der Waals surface area contributed by atoms with Crippen LogP contribution in [-0.2, 0) is 0 Å². The Kier molecular flexibility index (Phi) is 3.58. The molecule has 0 saturated heterocycles. The van der Waals surface area contributed by atoms with Crippen LogP contribution in [0, 0.1) is 0 Å². The lowest BCUT2D eigenvalue weighted by Gasteiger charge is -2.11. The molecule has 0 aliphatic rings. The van der Waals surface area contributed by atoms with Gasteiger partial charge >= 0.3 is 11.8 Å². The molecule has 0 bridgehead atoms. The Bertz CT molecular complexity index is 413. The number of nitrogens with two attached hydrogens (primary N) is 1. The molecule has 1 aromatic rings. The molecule has 0 spiro atoms. The Morgan fingerprint density at radius 1 is 1.44 bits per heavy atom. The Morgan fingerprint density at radius 2 is 2.06 bits per heavy atom. The van der Waals surface area contributed by atoms with Crippen molar-refractivity contribution in [1.29, 1.82) is 0 Å². The quantitative estimate of drug-likeness (QED) is 0.838. The maximum atomic E-state index is 11.9. The fraction of sp³-hybridized carbons (Fsp3) is 0.444. The van der Waals surface area contributed by atoms with E-state index in [0.717, 1.165) is 12.1 Å². The van der Waals surface area contributed by atoms with Crippen molar-refractivity contribution in [3.8, 4) is 5.75 Å². The van der Waals surface area contributed by atoms with E-state index >= 15 is 0 Å². The first-order valence-electron chi connectivity index (χ1n) is 4.44. The van der Waals surface area contributed by atoms with Crippen LogP contribution in [0.15, 0.2) is 21.3 Å². The van der Waals surface area contributed by atoms with Crippen LogP contribution in [0.4, 0.5) is 13.2 Å². The van der Waals surface area contributed by atoms with Gasteiger partial charge in [-0.3, -0.25) is 0 Å². The molecule has 0 aliphatic heterocycles. The van der Waals surface area contributed by atoms with Crippen LogP contribution >= 0.6 is 0 Å². The summed E-state index contributed by atoms with van der Waals surface area (Å²) >= 11 is 0. The molecule has 0 aromatic carbocycles. The van der Waals surface area contributed by atoms with Gasteiger partial charge in [0.05, 0.1) is 12.1 Å². The second-order valence-electron chi connectivity index (χ2n) is 3.30. The molecule has 1 unspecified atom stereocenters. The fourth-order valence-corrected chi connectivity index (χ4v) is 1.13. The minimum absolute atomic E-state index is 0.158. The van der Waals surface area contributed by atoms with Gasteiger partial charge in [0.25, 0.3) is 0 Å². The first-order chi connectivity index (χ1) is 7.28. The lowest BCUT2D eigenvalue weighted by atomic mass is 10.1. The predicted octanol–water partition coefficient (Wildman–Crippen LogP) is 1.69. The van der Waals surface area contributed by atoms with Crippen molar-refractivity contribution < 1.29 is 22.7 Å². The van der Waals surface area contributed by atoms with Crippen LogP contribution in [0.2, 0.25) is 0 Å². The first-order valence-corrected chi connectivity index (χ1v) is 4.44. The summed E-state index contributed by atoms with van der Waals surface area (Å²) in [4.78, 5) is 10.8. The SMILES string of the molecule is NC(CCC(F)(F)F)c1cc(O)cc(=O)o1. The second-order valence-corrected chi connectivity index (χ2v) is 3.30.